The molecule has 0 aliphatic carbocycles. The van der Waals surface area contributed by atoms with Gasteiger partial charge in [-0.1, -0.05) is 32.0 Å². The maximum absolute atomic E-state index is 3.94. The van der Waals surface area contributed by atoms with Crippen LogP contribution in [0.5, 0.6) is 0 Å². The number of hydrogen-bond acceptors (Lipinski definition) is 0. The molecule has 1 heteroatoms. The Labute approximate surface area is 61.9 Å². The zero-order valence-electron chi connectivity index (χ0n) is 6.59. The molecule has 0 unspecified atom stereocenters. The standard InChI is InChI=1S/C9H13N/c1-7(2)8-5-3-4-6-9(8)10/h3-7H,10H2,1-2H3/p+1. The van der Waals surface area contributed by atoms with Crippen LogP contribution in [0.15, 0.2) is 24.3 Å². The fourth-order valence-electron chi connectivity index (χ4n) is 1.10. The third-order valence-corrected chi connectivity index (χ3v) is 1.68. The summed E-state index contributed by atoms with van der Waals surface area (Å²) in [6.07, 6.45) is 0. The second kappa shape index (κ2) is 2.84. The average molecular weight is 136 g/mol. The van der Waals surface area contributed by atoms with Gasteiger partial charge in [-0.25, -0.2) is 0 Å². The van der Waals surface area contributed by atoms with Gasteiger partial charge in [0.15, 0.2) is 0 Å². The third kappa shape index (κ3) is 1.36. The third-order valence-electron chi connectivity index (χ3n) is 1.68. The molecule has 1 nitrogen and oxygen atoms in total. The van der Waals surface area contributed by atoms with Crippen LogP contribution in [0, 0.1) is 0 Å². The molecule has 0 amide bonds. The molecular weight excluding hydrogens is 122 g/mol. The molecule has 0 spiro atoms. The Kier molecular flexibility index (Phi) is 2.07. The minimum Gasteiger partial charge on any atom is -0.325 e. The van der Waals surface area contributed by atoms with Crippen LogP contribution in [-0.4, -0.2) is 0 Å². The molecule has 0 aliphatic heterocycles. The first-order valence-corrected chi connectivity index (χ1v) is 3.62. The second-order valence-electron chi connectivity index (χ2n) is 2.85. The van der Waals surface area contributed by atoms with Crippen molar-refractivity contribution in [2.24, 2.45) is 0 Å². The van der Waals surface area contributed by atoms with Gasteiger partial charge in [0.1, 0.15) is 5.69 Å². The van der Waals surface area contributed by atoms with Crippen LogP contribution >= 0.6 is 0 Å². The highest BCUT2D eigenvalue weighted by Crippen LogP contribution is 2.18. The lowest BCUT2D eigenvalue weighted by molar-refractivity contribution is -0.256. The Hall–Kier alpha value is -0.820. The van der Waals surface area contributed by atoms with E-state index in [1.54, 1.807) is 0 Å². The molecule has 54 valence electrons. The van der Waals surface area contributed by atoms with Crippen molar-refractivity contribution in [1.82, 2.24) is 0 Å². The van der Waals surface area contributed by atoms with E-state index in [9.17, 15) is 0 Å². The van der Waals surface area contributed by atoms with Crippen molar-refractivity contribution in [3.8, 4) is 0 Å². The van der Waals surface area contributed by atoms with Crippen molar-refractivity contribution < 1.29 is 5.73 Å². The zero-order chi connectivity index (χ0) is 7.56. The summed E-state index contributed by atoms with van der Waals surface area (Å²) in [5.74, 6) is 0.591. The van der Waals surface area contributed by atoms with Gasteiger partial charge in [-0.2, -0.15) is 0 Å². The van der Waals surface area contributed by atoms with Gasteiger partial charge in [0.25, 0.3) is 0 Å². The number of hydrogen-bond donors (Lipinski definition) is 1. The molecule has 1 aromatic rings. The van der Waals surface area contributed by atoms with Crippen molar-refractivity contribution in [2.75, 3.05) is 0 Å². The Balaban J connectivity index is 3.03. The lowest BCUT2D eigenvalue weighted by atomic mass is 10.0. The van der Waals surface area contributed by atoms with Gasteiger partial charge in [-0.3, -0.25) is 0 Å². The normalized spacial score (nSPS) is 10.4. The predicted molar refractivity (Wildman–Crippen MR) is 43.1 cm³/mol. The summed E-state index contributed by atoms with van der Waals surface area (Å²) in [7, 11) is 0. The highest BCUT2D eigenvalue weighted by molar-refractivity contribution is 5.39. The van der Waals surface area contributed by atoms with Gasteiger partial charge in [-0.15, -0.1) is 0 Å². The highest BCUT2D eigenvalue weighted by atomic mass is 14.6. The van der Waals surface area contributed by atoms with Crippen LogP contribution in [0.3, 0.4) is 0 Å². The van der Waals surface area contributed by atoms with Crippen LogP contribution in [-0.2, 0) is 0 Å². The van der Waals surface area contributed by atoms with E-state index in [4.69, 9.17) is 0 Å². The fraction of sp³-hybridized carbons (Fsp3) is 0.333. The Morgan fingerprint density at radius 2 is 1.80 bits per heavy atom. The quantitative estimate of drug-likeness (QED) is 0.608. The van der Waals surface area contributed by atoms with Gasteiger partial charge in [0.05, 0.1) is 0 Å². The molecule has 10 heavy (non-hydrogen) atoms. The number of quaternary nitrogens is 1. The molecule has 0 aliphatic rings. The SMILES string of the molecule is CC(C)c1ccccc1[NH3+]. The summed E-state index contributed by atoms with van der Waals surface area (Å²) in [4.78, 5) is 0. The van der Waals surface area contributed by atoms with Crippen LogP contribution in [0.2, 0.25) is 0 Å². The molecule has 0 heterocycles. The smallest absolute Gasteiger partial charge is 0.131 e. The predicted octanol–water partition coefficient (Wildman–Crippen LogP) is 1.68. The largest absolute Gasteiger partial charge is 0.325 e. The van der Waals surface area contributed by atoms with Crippen LogP contribution in [0.25, 0.3) is 0 Å². The van der Waals surface area contributed by atoms with E-state index in [0.717, 1.165) is 5.69 Å². The molecule has 0 saturated carbocycles. The Morgan fingerprint density at radius 3 is 2.20 bits per heavy atom. The van der Waals surface area contributed by atoms with E-state index in [0.29, 0.717) is 5.92 Å². The molecule has 3 N–H and O–H groups in total. The van der Waals surface area contributed by atoms with Crippen LogP contribution in [0.1, 0.15) is 25.3 Å². The lowest BCUT2D eigenvalue weighted by Crippen LogP contribution is -2.41. The van der Waals surface area contributed by atoms with E-state index in [1.807, 2.05) is 6.07 Å². The van der Waals surface area contributed by atoms with Gasteiger partial charge in [0.2, 0.25) is 0 Å². The molecule has 0 aromatic heterocycles. The topological polar surface area (TPSA) is 27.6 Å². The summed E-state index contributed by atoms with van der Waals surface area (Å²) in [6, 6.07) is 8.26. The first-order valence-electron chi connectivity index (χ1n) is 3.62. The van der Waals surface area contributed by atoms with Crippen molar-refractivity contribution >= 4 is 5.69 Å². The van der Waals surface area contributed by atoms with Crippen molar-refractivity contribution in [3.63, 3.8) is 0 Å². The lowest BCUT2D eigenvalue weighted by Gasteiger charge is -2.04. The van der Waals surface area contributed by atoms with E-state index >= 15 is 0 Å². The summed E-state index contributed by atoms with van der Waals surface area (Å²) in [5.41, 5.74) is 6.44. The Bertz CT molecular complexity index is 216. The molecule has 1 rings (SSSR count). The van der Waals surface area contributed by atoms with Crippen LogP contribution < -0.4 is 5.73 Å². The average Bonchev–Trinajstić information content (AvgIpc) is 1.88. The first kappa shape index (κ1) is 7.29. The molecule has 0 saturated heterocycles. The molecule has 0 atom stereocenters. The van der Waals surface area contributed by atoms with Crippen molar-refractivity contribution in [2.45, 2.75) is 19.8 Å². The maximum atomic E-state index is 3.94. The number of rotatable bonds is 1. The molecule has 0 radical (unpaired) electrons. The summed E-state index contributed by atoms with van der Waals surface area (Å²) in [5, 5.41) is 0. The van der Waals surface area contributed by atoms with Gasteiger partial charge < -0.3 is 5.73 Å². The minimum atomic E-state index is 0.591. The second-order valence-corrected chi connectivity index (χ2v) is 2.85. The highest BCUT2D eigenvalue weighted by Gasteiger charge is 2.03. The number of benzene rings is 1. The van der Waals surface area contributed by atoms with E-state index < -0.39 is 0 Å². The maximum Gasteiger partial charge on any atom is 0.131 e. The van der Waals surface area contributed by atoms with Gasteiger partial charge in [0, 0.05) is 5.56 Å². The zero-order valence-corrected chi connectivity index (χ0v) is 6.59. The first-order chi connectivity index (χ1) is 4.72. The van der Waals surface area contributed by atoms with Crippen LogP contribution in [0.4, 0.5) is 5.69 Å². The van der Waals surface area contributed by atoms with Gasteiger partial charge in [-0.05, 0) is 12.0 Å². The van der Waals surface area contributed by atoms with E-state index in [1.165, 1.54) is 5.56 Å². The monoisotopic (exact) mass is 136 g/mol. The minimum absolute atomic E-state index is 0.591. The van der Waals surface area contributed by atoms with Crippen molar-refractivity contribution in [3.05, 3.63) is 29.8 Å². The summed E-state index contributed by atoms with van der Waals surface area (Å²) < 4.78 is 0. The molecule has 0 fully saturated rings. The molecular formula is C9H14N+. The fourth-order valence-corrected chi connectivity index (χ4v) is 1.10. The summed E-state index contributed by atoms with van der Waals surface area (Å²) in [6.45, 7) is 4.37. The van der Waals surface area contributed by atoms with E-state index in [-0.39, 0.29) is 0 Å². The van der Waals surface area contributed by atoms with Gasteiger partial charge >= 0.3 is 0 Å². The Morgan fingerprint density at radius 1 is 1.20 bits per heavy atom. The molecule has 0 bridgehead atoms. The summed E-state index contributed by atoms with van der Waals surface area (Å²) >= 11 is 0. The van der Waals surface area contributed by atoms with E-state index in [2.05, 4.69) is 37.8 Å². The molecule has 1 aromatic carbocycles. The van der Waals surface area contributed by atoms with Crippen molar-refractivity contribution in [1.29, 1.82) is 0 Å².